The Morgan fingerprint density at radius 2 is 1.70 bits per heavy atom. The molecule has 27 heavy (non-hydrogen) atoms. The van der Waals surface area contributed by atoms with Crippen molar-refractivity contribution in [3.63, 3.8) is 0 Å². The molecule has 1 atom stereocenters. The number of aromatic amines is 1. The van der Waals surface area contributed by atoms with E-state index in [9.17, 15) is 9.59 Å². The number of aromatic nitrogens is 1. The van der Waals surface area contributed by atoms with E-state index in [0.717, 1.165) is 16.5 Å². The SMILES string of the molecule is CC(C)(C)OC(=O)NC(Cc1ccccc1)C(=O)c1c[nH]c2ccccc12. The normalized spacial score (nSPS) is 12.6. The fourth-order valence-electron chi connectivity index (χ4n) is 2.97. The first-order valence-electron chi connectivity index (χ1n) is 8.97. The summed E-state index contributed by atoms with van der Waals surface area (Å²) in [4.78, 5) is 28.7. The second-order valence-corrected chi connectivity index (χ2v) is 7.50. The van der Waals surface area contributed by atoms with Crippen LogP contribution < -0.4 is 5.32 Å². The third kappa shape index (κ3) is 4.76. The number of carbonyl (C=O) groups excluding carboxylic acids is 2. The smallest absolute Gasteiger partial charge is 0.408 e. The maximum Gasteiger partial charge on any atom is 0.408 e. The number of benzene rings is 2. The molecule has 1 amide bonds. The first-order valence-corrected chi connectivity index (χ1v) is 8.97. The molecular weight excluding hydrogens is 340 g/mol. The van der Waals surface area contributed by atoms with Crippen LogP contribution in [0.5, 0.6) is 0 Å². The van der Waals surface area contributed by atoms with Gasteiger partial charge in [0.15, 0.2) is 5.78 Å². The van der Waals surface area contributed by atoms with Gasteiger partial charge in [-0.1, -0.05) is 48.5 Å². The Labute approximate surface area is 158 Å². The summed E-state index contributed by atoms with van der Waals surface area (Å²) < 4.78 is 5.35. The Balaban J connectivity index is 1.88. The average Bonchev–Trinajstić information content (AvgIpc) is 3.04. The highest BCUT2D eigenvalue weighted by Gasteiger charge is 2.27. The van der Waals surface area contributed by atoms with Gasteiger partial charge in [-0.05, 0) is 32.4 Å². The van der Waals surface area contributed by atoms with Crippen LogP contribution in [0.1, 0.15) is 36.7 Å². The van der Waals surface area contributed by atoms with Gasteiger partial charge in [0.05, 0.1) is 6.04 Å². The summed E-state index contributed by atoms with van der Waals surface area (Å²) in [7, 11) is 0. The first kappa shape index (κ1) is 18.7. The Hall–Kier alpha value is -3.08. The monoisotopic (exact) mass is 364 g/mol. The molecule has 140 valence electrons. The number of ketones is 1. The molecule has 0 fully saturated rings. The minimum atomic E-state index is -0.721. The summed E-state index contributed by atoms with van der Waals surface area (Å²) in [6.45, 7) is 5.38. The molecule has 3 aromatic rings. The number of fused-ring (bicyclic) bond motifs is 1. The molecule has 2 N–H and O–H groups in total. The molecular formula is C22H24N2O3. The number of rotatable bonds is 5. The van der Waals surface area contributed by atoms with Gasteiger partial charge in [0.25, 0.3) is 0 Å². The topological polar surface area (TPSA) is 71.2 Å². The van der Waals surface area contributed by atoms with Crippen LogP contribution in [-0.4, -0.2) is 28.5 Å². The molecule has 0 bridgehead atoms. The third-order valence-corrected chi connectivity index (χ3v) is 4.14. The number of hydrogen-bond acceptors (Lipinski definition) is 3. The van der Waals surface area contributed by atoms with E-state index >= 15 is 0 Å². The third-order valence-electron chi connectivity index (χ3n) is 4.14. The molecule has 0 aliphatic rings. The molecule has 5 nitrogen and oxygen atoms in total. The quantitative estimate of drug-likeness (QED) is 0.656. The Morgan fingerprint density at radius 3 is 2.41 bits per heavy atom. The van der Waals surface area contributed by atoms with Crippen LogP contribution in [0.15, 0.2) is 60.8 Å². The van der Waals surface area contributed by atoms with Crippen molar-refractivity contribution in [3.05, 3.63) is 71.9 Å². The molecule has 0 saturated heterocycles. The lowest BCUT2D eigenvalue weighted by molar-refractivity contribution is 0.0491. The molecule has 0 radical (unpaired) electrons. The zero-order valence-corrected chi connectivity index (χ0v) is 15.8. The number of nitrogens with one attached hydrogen (secondary N) is 2. The predicted molar refractivity (Wildman–Crippen MR) is 106 cm³/mol. The van der Waals surface area contributed by atoms with Crippen molar-refractivity contribution in [1.29, 1.82) is 0 Å². The van der Waals surface area contributed by atoms with Crippen molar-refractivity contribution in [2.45, 2.75) is 38.8 Å². The summed E-state index contributed by atoms with van der Waals surface area (Å²) in [5.41, 5.74) is 1.77. The second-order valence-electron chi connectivity index (χ2n) is 7.50. The van der Waals surface area contributed by atoms with Crippen molar-refractivity contribution >= 4 is 22.8 Å². The lowest BCUT2D eigenvalue weighted by Gasteiger charge is -2.23. The summed E-state index contributed by atoms with van der Waals surface area (Å²) >= 11 is 0. The number of Topliss-reactive ketones (excluding diaryl/α,β-unsaturated/α-hetero) is 1. The van der Waals surface area contributed by atoms with Crippen molar-refractivity contribution in [2.24, 2.45) is 0 Å². The number of para-hydroxylation sites is 1. The molecule has 0 aliphatic carbocycles. The highest BCUT2D eigenvalue weighted by Crippen LogP contribution is 2.20. The van der Waals surface area contributed by atoms with Crippen LogP contribution in [0, 0.1) is 0 Å². The molecule has 1 unspecified atom stereocenters. The van der Waals surface area contributed by atoms with Crippen molar-refractivity contribution < 1.29 is 14.3 Å². The average molecular weight is 364 g/mol. The Kier molecular flexibility index (Phi) is 5.31. The summed E-state index contributed by atoms with van der Waals surface area (Å²) in [5, 5.41) is 3.59. The van der Waals surface area contributed by atoms with E-state index in [1.165, 1.54) is 0 Å². The van der Waals surface area contributed by atoms with Gasteiger partial charge < -0.3 is 15.0 Å². The van der Waals surface area contributed by atoms with Gasteiger partial charge in [0, 0.05) is 29.1 Å². The molecule has 0 aliphatic heterocycles. The zero-order valence-electron chi connectivity index (χ0n) is 15.8. The van der Waals surface area contributed by atoms with Gasteiger partial charge in [-0.2, -0.15) is 0 Å². The van der Waals surface area contributed by atoms with E-state index in [2.05, 4.69) is 10.3 Å². The molecule has 0 saturated carbocycles. The van der Waals surface area contributed by atoms with Gasteiger partial charge in [0.2, 0.25) is 0 Å². The van der Waals surface area contributed by atoms with Gasteiger partial charge in [-0.25, -0.2) is 4.79 Å². The highest BCUT2D eigenvalue weighted by molar-refractivity contribution is 6.11. The van der Waals surface area contributed by atoms with Crippen molar-refractivity contribution in [3.8, 4) is 0 Å². The van der Waals surface area contributed by atoms with E-state index in [4.69, 9.17) is 4.74 Å². The standard InChI is InChI=1S/C22H24N2O3/c1-22(2,3)27-21(26)24-19(13-15-9-5-4-6-10-15)20(25)17-14-23-18-12-8-7-11-16(17)18/h4-12,14,19,23H,13H2,1-3H3,(H,24,26). The molecule has 1 aromatic heterocycles. The minimum Gasteiger partial charge on any atom is -0.444 e. The molecule has 0 spiro atoms. The van der Waals surface area contributed by atoms with Crippen molar-refractivity contribution in [1.82, 2.24) is 10.3 Å². The fraction of sp³-hybridized carbons (Fsp3) is 0.273. The van der Waals surface area contributed by atoms with E-state index in [0.29, 0.717) is 12.0 Å². The number of carbonyl (C=O) groups is 2. The van der Waals surface area contributed by atoms with Crippen LogP contribution in [0.3, 0.4) is 0 Å². The lowest BCUT2D eigenvalue weighted by Crippen LogP contribution is -2.44. The van der Waals surface area contributed by atoms with E-state index in [-0.39, 0.29) is 5.78 Å². The van der Waals surface area contributed by atoms with Crippen LogP contribution >= 0.6 is 0 Å². The molecule has 5 heteroatoms. The summed E-state index contributed by atoms with van der Waals surface area (Å²) in [5.74, 6) is -0.151. The zero-order chi connectivity index (χ0) is 19.4. The molecule has 1 heterocycles. The van der Waals surface area contributed by atoms with E-state index < -0.39 is 17.7 Å². The summed E-state index contributed by atoms with van der Waals surface area (Å²) in [6, 6.07) is 16.5. The predicted octanol–water partition coefficient (Wildman–Crippen LogP) is 4.49. The number of H-pyrrole nitrogens is 1. The molecule has 3 rings (SSSR count). The van der Waals surface area contributed by atoms with Gasteiger partial charge in [-0.3, -0.25) is 4.79 Å². The van der Waals surface area contributed by atoms with E-state index in [1.54, 1.807) is 27.0 Å². The maximum atomic E-state index is 13.2. The van der Waals surface area contributed by atoms with Crippen LogP contribution in [0.2, 0.25) is 0 Å². The number of hydrogen-bond donors (Lipinski definition) is 2. The second kappa shape index (κ2) is 7.66. The highest BCUT2D eigenvalue weighted by atomic mass is 16.6. The minimum absolute atomic E-state index is 0.151. The first-order chi connectivity index (χ1) is 12.8. The van der Waals surface area contributed by atoms with Crippen LogP contribution in [-0.2, 0) is 11.2 Å². The van der Waals surface area contributed by atoms with Crippen LogP contribution in [0.4, 0.5) is 4.79 Å². The van der Waals surface area contributed by atoms with Crippen molar-refractivity contribution in [2.75, 3.05) is 0 Å². The lowest BCUT2D eigenvalue weighted by atomic mass is 9.97. The van der Waals surface area contributed by atoms with Gasteiger partial charge >= 0.3 is 6.09 Å². The number of alkyl carbamates (subject to hydrolysis) is 1. The largest absolute Gasteiger partial charge is 0.444 e. The number of ether oxygens (including phenoxy) is 1. The maximum absolute atomic E-state index is 13.2. The Morgan fingerprint density at radius 1 is 1.04 bits per heavy atom. The Bertz CT molecular complexity index is 939. The number of amides is 1. The fourth-order valence-corrected chi connectivity index (χ4v) is 2.97. The van der Waals surface area contributed by atoms with Gasteiger partial charge in [-0.15, -0.1) is 0 Å². The summed E-state index contributed by atoms with van der Waals surface area (Å²) in [6.07, 6.45) is 1.48. The van der Waals surface area contributed by atoms with Gasteiger partial charge in [0.1, 0.15) is 5.60 Å². The van der Waals surface area contributed by atoms with Crippen LogP contribution in [0.25, 0.3) is 10.9 Å². The molecule has 2 aromatic carbocycles. The van der Waals surface area contributed by atoms with E-state index in [1.807, 2.05) is 54.6 Å².